The first-order chi connectivity index (χ1) is 10.5. The summed E-state index contributed by atoms with van der Waals surface area (Å²) in [4.78, 5) is 25.0. The van der Waals surface area contributed by atoms with Crippen LogP contribution in [-0.4, -0.2) is 46.6 Å². The first kappa shape index (κ1) is 14.9. The van der Waals surface area contributed by atoms with Crippen LogP contribution in [0.4, 0.5) is 0 Å². The molecule has 2 aliphatic rings. The number of carboxylic acid groups (broad SMARTS) is 1. The van der Waals surface area contributed by atoms with Crippen LogP contribution in [0.5, 0.6) is 5.75 Å². The van der Waals surface area contributed by atoms with Gasteiger partial charge >= 0.3 is 13.1 Å². The number of likely N-dealkylation sites (tertiary alicyclic amines) is 1. The number of aromatic carboxylic acids is 1. The molecule has 7 nitrogen and oxygen atoms in total. The molecule has 0 spiro atoms. The highest BCUT2D eigenvalue weighted by Crippen LogP contribution is 2.33. The molecule has 1 fully saturated rings. The van der Waals surface area contributed by atoms with Crippen LogP contribution in [0.15, 0.2) is 12.1 Å². The highest BCUT2D eigenvalue weighted by atomic mass is 16.5. The molecular weight excluding hydrogens is 287 g/mol. The van der Waals surface area contributed by atoms with Gasteiger partial charge in [-0.05, 0) is 23.9 Å². The number of hydrogen-bond acceptors (Lipinski definition) is 5. The number of aryl methyl sites for hydroxylation is 1. The Bertz CT molecular complexity index is 636. The molecule has 4 N–H and O–H groups in total. The van der Waals surface area contributed by atoms with Crippen molar-refractivity contribution in [3.63, 3.8) is 0 Å². The van der Waals surface area contributed by atoms with E-state index in [9.17, 15) is 19.7 Å². The minimum absolute atomic E-state index is 0.0181. The minimum atomic E-state index is -1.13. The topological polar surface area (TPSA) is 113 Å². The SMILES string of the molecule is N[C@H]1CC(=O)N(Cc2ccc3c(c2C(=O)O)OB(O)CC3)C1. The summed E-state index contributed by atoms with van der Waals surface area (Å²) in [5.74, 6) is -1.00. The molecule has 116 valence electrons. The van der Waals surface area contributed by atoms with E-state index in [2.05, 4.69) is 0 Å². The second kappa shape index (κ2) is 5.62. The van der Waals surface area contributed by atoms with Crippen molar-refractivity contribution in [2.75, 3.05) is 6.54 Å². The number of nitrogens with zero attached hydrogens (tertiary/aromatic N) is 1. The first-order valence-corrected chi connectivity index (χ1v) is 7.22. The zero-order valence-electron chi connectivity index (χ0n) is 12.0. The Labute approximate surface area is 127 Å². The van der Waals surface area contributed by atoms with Crippen molar-refractivity contribution in [3.8, 4) is 5.75 Å². The van der Waals surface area contributed by atoms with Crippen molar-refractivity contribution in [2.24, 2.45) is 5.73 Å². The summed E-state index contributed by atoms with van der Waals surface area (Å²) in [6, 6.07) is 3.29. The lowest BCUT2D eigenvalue weighted by atomic mass is 9.78. The molecule has 0 saturated carbocycles. The van der Waals surface area contributed by atoms with Crippen LogP contribution < -0.4 is 10.4 Å². The van der Waals surface area contributed by atoms with E-state index >= 15 is 0 Å². The van der Waals surface area contributed by atoms with E-state index in [-0.39, 0.29) is 36.2 Å². The summed E-state index contributed by atoms with van der Waals surface area (Å²) in [5, 5.41) is 19.1. The van der Waals surface area contributed by atoms with Crippen molar-refractivity contribution >= 4 is 19.0 Å². The second-order valence-electron chi connectivity index (χ2n) is 5.74. The maximum atomic E-state index is 11.8. The smallest absolute Gasteiger partial charge is 0.522 e. The Balaban J connectivity index is 1.96. The molecule has 8 heteroatoms. The van der Waals surface area contributed by atoms with Crippen molar-refractivity contribution in [1.29, 1.82) is 0 Å². The number of fused-ring (bicyclic) bond motifs is 1. The van der Waals surface area contributed by atoms with Crippen molar-refractivity contribution in [3.05, 3.63) is 28.8 Å². The van der Waals surface area contributed by atoms with Gasteiger partial charge in [-0.15, -0.1) is 0 Å². The van der Waals surface area contributed by atoms with Crippen LogP contribution in [0.25, 0.3) is 0 Å². The van der Waals surface area contributed by atoms with E-state index in [1.165, 1.54) is 0 Å². The van der Waals surface area contributed by atoms with Crippen molar-refractivity contribution < 1.29 is 24.4 Å². The number of hydrogen-bond donors (Lipinski definition) is 3. The molecule has 2 heterocycles. The van der Waals surface area contributed by atoms with Gasteiger partial charge in [-0.1, -0.05) is 12.1 Å². The molecule has 0 bridgehead atoms. The van der Waals surface area contributed by atoms with Gasteiger partial charge in [-0.25, -0.2) is 4.79 Å². The van der Waals surface area contributed by atoms with Crippen LogP contribution in [0, 0.1) is 0 Å². The summed E-state index contributed by atoms with van der Waals surface area (Å²) in [7, 11) is -0.998. The number of amides is 1. The summed E-state index contributed by atoms with van der Waals surface area (Å²) in [6.07, 6.45) is 1.28. The van der Waals surface area contributed by atoms with E-state index in [1.54, 1.807) is 17.0 Å². The molecule has 3 rings (SSSR count). The first-order valence-electron chi connectivity index (χ1n) is 7.22. The quantitative estimate of drug-likeness (QED) is 0.670. The van der Waals surface area contributed by atoms with Gasteiger partial charge in [0.15, 0.2) is 0 Å². The Morgan fingerprint density at radius 1 is 1.50 bits per heavy atom. The van der Waals surface area contributed by atoms with E-state index in [0.29, 0.717) is 24.8 Å². The molecule has 0 radical (unpaired) electrons. The monoisotopic (exact) mass is 304 g/mol. The molecule has 22 heavy (non-hydrogen) atoms. The van der Waals surface area contributed by atoms with Crippen molar-refractivity contribution in [2.45, 2.75) is 31.7 Å². The van der Waals surface area contributed by atoms with E-state index in [1.807, 2.05) is 0 Å². The van der Waals surface area contributed by atoms with Gasteiger partial charge in [0.25, 0.3) is 0 Å². The van der Waals surface area contributed by atoms with Crippen LogP contribution in [0.3, 0.4) is 0 Å². The third-order valence-corrected chi connectivity index (χ3v) is 4.06. The summed E-state index contributed by atoms with van der Waals surface area (Å²) in [5.41, 5.74) is 7.03. The predicted molar refractivity (Wildman–Crippen MR) is 78.5 cm³/mol. The molecule has 0 aliphatic carbocycles. The molecule has 1 aromatic rings. The average Bonchev–Trinajstić information content (AvgIpc) is 2.76. The molecule has 1 saturated heterocycles. The standard InChI is InChI=1S/C14H17BN2O5/c16-10-5-11(18)17(7-10)6-9-2-1-8-3-4-15(21)22-13(8)12(9)14(19)20/h1-2,10,21H,3-7,16H2,(H,19,20)/t10-/m0/s1. The average molecular weight is 304 g/mol. The molecule has 1 amide bonds. The lowest BCUT2D eigenvalue weighted by molar-refractivity contribution is -0.128. The lowest BCUT2D eigenvalue weighted by Crippen LogP contribution is -2.30. The highest BCUT2D eigenvalue weighted by Gasteiger charge is 2.32. The summed E-state index contributed by atoms with van der Waals surface area (Å²) >= 11 is 0. The van der Waals surface area contributed by atoms with Crippen LogP contribution in [0.2, 0.25) is 6.32 Å². The van der Waals surface area contributed by atoms with Gasteiger partial charge in [0.05, 0.1) is 0 Å². The van der Waals surface area contributed by atoms with E-state index < -0.39 is 13.1 Å². The Kier molecular flexibility index (Phi) is 3.80. The minimum Gasteiger partial charge on any atom is -0.535 e. The maximum Gasteiger partial charge on any atom is 0.522 e. The lowest BCUT2D eigenvalue weighted by Gasteiger charge is -2.24. The van der Waals surface area contributed by atoms with Gasteiger partial charge in [0, 0.05) is 25.6 Å². The molecule has 1 aromatic carbocycles. The molecule has 0 unspecified atom stereocenters. The normalized spacial score (nSPS) is 20.8. The van der Waals surface area contributed by atoms with Crippen molar-refractivity contribution in [1.82, 2.24) is 4.90 Å². The number of carboxylic acids is 1. The number of nitrogens with two attached hydrogens (primary N) is 1. The molecular formula is C14H17BN2O5. The number of benzene rings is 1. The Morgan fingerprint density at radius 2 is 2.27 bits per heavy atom. The van der Waals surface area contributed by atoms with E-state index in [4.69, 9.17) is 10.4 Å². The van der Waals surface area contributed by atoms with Gasteiger partial charge in [-0.3, -0.25) is 4.79 Å². The van der Waals surface area contributed by atoms with Crippen LogP contribution >= 0.6 is 0 Å². The highest BCUT2D eigenvalue weighted by molar-refractivity contribution is 6.44. The van der Waals surface area contributed by atoms with Gasteiger partial charge in [0.2, 0.25) is 5.91 Å². The Morgan fingerprint density at radius 3 is 2.91 bits per heavy atom. The summed E-state index contributed by atoms with van der Waals surface area (Å²) in [6.45, 7) is 0.597. The zero-order valence-corrected chi connectivity index (χ0v) is 12.0. The third kappa shape index (κ3) is 2.67. The van der Waals surface area contributed by atoms with Crippen LogP contribution in [0.1, 0.15) is 27.9 Å². The Hall–Kier alpha value is -2.06. The molecule has 2 aliphatic heterocycles. The van der Waals surface area contributed by atoms with Gasteiger partial charge in [-0.2, -0.15) is 0 Å². The zero-order chi connectivity index (χ0) is 15.9. The van der Waals surface area contributed by atoms with Gasteiger partial charge in [0.1, 0.15) is 11.3 Å². The number of carbonyl (C=O) groups is 2. The van der Waals surface area contributed by atoms with E-state index in [0.717, 1.165) is 5.56 Å². The largest absolute Gasteiger partial charge is 0.535 e. The molecule has 1 atom stereocenters. The summed E-state index contributed by atoms with van der Waals surface area (Å²) < 4.78 is 5.32. The third-order valence-electron chi connectivity index (χ3n) is 4.06. The fourth-order valence-electron chi connectivity index (χ4n) is 3.00. The fourth-order valence-corrected chi connectivity index (χ4v) is 3.00. The maximum absolute atomic E-state index is 11.8. The molecule has 0 aromatic heterocycles. The van der Waals surface area contributed by atoms with Gasteiger partial charge < -0.3 is 25.4 Å². The second-order valence-corrected chi connectivity index (χ2v) is 5.74. The predicted octanol–water partition coefficient (Wildman–Crippen LogP) is -0.140. The number of rotatable bonds is 3. The van der Waals surface area contributed by atoms with Crippen LogP contribution in [-0.2, 0) is 17.8 Å². The fraction of sp³-hybridized carbons (Fsp3) is 0.429. The number of carbonyl (C=O) groups excluding carboxylic acids is 1.